The Labute approximate surface area is 135 Å². The minimum atomic E-state index is 0.136. The molecule has 5 nitrogen and oxygen atoms in total. The lowest BCUT2D eigenvalue weighted by atomic mass is 10.3. The van der Waals surface area contributed by atoms with Crippen molar-refractivity contribution in [2.24, 2.45) is 4.99 Å². The molecule has 0 amide bonds. The second-order valence-corrected chi connectivity index (χ2v) is 5.86. The van der Waals surface area contributed by atoms with Crippen LogP contribution in [0.3, 0.4) is 0 Å². The van der Waals surface area contributed by atoms with Gasteiger partial charge in [-0.2, -0.15) is 11.3 Å². The van der Waals surface area contributed by atoms with Gasteiger partial charge in [0, 0.05) is 32.4 Å². The average Bonchev–Trinajstić information content (AvgIpc) is 3.02. The first kappa shape index (κ1) is 16.3. The fourth-order valence-electron chi connectivity index (χ4n) is 1.81. The number of guanidine groups is 1. The Morgan fingerprint density at radius 1 is 1.23 bits per heavy atom. The predicted molar refractivity (Wildman–Crippen MR) is 91.4 cm³/mol. The summed E-state index contributed by atoms with van der Waals surface area (Å²) in [7, 11) is 1.76. The number of nitrogens with zero attached hydrogens (tertiary/aromatic N) is 2. The fourth-order valence-corrected chi connectivity index (χ4v) is 2.48. The van der Waals surface area contributed by atoms with Crippen molar-refractivity contribution in [2.75, 3.05) is 7.05 Å². The molecule has 2 rings (SSSR count). The third kappa shape index (κ3) is 5.37. The Balaban J connectivity index is 1.80. The van der Waals surface area contributed by atoms with Crippen LogP contribution < -0.4 is 15.4 Å². The molecule has 0 bridgehead atoms. The molecule has 0 unspecified atom stereocenters. The van der Waals surface area contributed by atoms with E-state index in [0.29, 0.717) is 12.4 Å². The standard InChI is InChI=1S/C16H22N4OS/c1-12(2)21-15-5-4-13(8-18-15)9-19-16(17-3)20-10-14-6-7-22-11-14/h4-8,11-12H,9-10H2,1-3H3,(H2,17,19,20). The first-order valence-corrected chi connectivity index (χ1v) is 8.19. The van der Waals surface area contributed by atoms with E-state index in [1.807, 2.05) is 32.2 Å². The third-order valence-electron chi connectivity index (χ3n) is 2.88. The first-order chi connectivity index (χ1) is 10.7. The lowest BCUT2D eigenvalue weighted by Gasteiger charge is -2.12. The van der Waals surface area contributed by atoms with Gasteiger partial charge in [-0.1, -0.05) is 6.07 Å². The van der Waals surface area contributed by atoms with Crippen LogP contribution in [0.1, 0.15) is 25.0 Å². The third-order valence-corrected chi connectivity index (χ3v) is 3.61. The summed E-state index contributed by atoms with van der Waals surface area (Å²) >= 11 is 1.69. The molecule has 2 heterocycles. The quantitative estimate of drug-likeness (QED) is 0.635. The van der Waals surface area contributed by atoms with Gasteiger partial charge in [0.05, 0.1) is 6.10 Å². The molecule has 0 aliphatic rings. The van der Waals surface area contributed by atoms with Gasteiger partial charge in [0.2, 0.25) is 5.88 Å². The Kier molecular flexibility index (Phi) is 6.21. The van der Waals surface area contributed by atoms with Crippen LogP contribution in [0.5, 0.6) is 5.88 Å². The summed E-state index contributed by atoms with van der Waals surface area (Å²) in [6, 6.07) is 5.99. The SMILES string of the molecule is CN=C(NCc1ccc(OC(C)C)nc1)NCc1ccsc1. The number of aliphatic imine (C=N–C) groups is 1. The lowest BCUT2D eigenvalue weighted by Crippen LogP contribution is -2.36. The van der Waals surface area contributed by atoms with Crippen LogP contribution in [0.2, 0.25) is 0 Å². The van der Waals surface area contributed by atoms with Crippen molar-refractivity contribution in [1.29, 1.82) is 0 Å². The van der Waals surface area contributed by atoms with E-state index in [9.17, 15) is 0 Å². The summed E-state index contributed by atoms with van der Waals surface area (Å²) in [5.41, 5.74) is 2.33. The number of aromatic nitrogens is 1. The van der Waals surface area contributed by atoms with Crippen molar-refractivity contribution in [1.82, 2.24) is 15.6 Å². The van der Waals surface area contributed by atoms with Crippen LogP contribution in [0.15, 0.2) is 40.1 Å². The van der Waals surface area contributed by atoms with Crippen molar-refractivity contribution >= 4 is 17.3 Å². The van der Waals surface area contributed by atoms with Gasteiger partial charge in [-0.3, -0.25) is 4.99 Å². The van der Waals surface area contributed by atoms with Gasteiger partial charge >= 0.3 is 0 Å². The molecule has 0 saturated carbocycles. The van der Waals surface area contributed by atoms with E-state index < -0.39 is 0 Å². The zero-order valence-electron chi connectivity index (χ0n) is 13.2. The summed E-state index contributed by atoms with van der Waals surface area (Å²) in [5.74, 6) is 1.42. The monoisotopic (exact) mass is 318 g/mol. The Bertz CT molecular complexity index is 579. The topological polar surface area (TPSA) is 58.5 Å². The molecule has 0 saturated heterocycles. The molecule has 0 fully saturated rings. The molecule has 0 aromatic carbocycles. The van der Waals surface area contributed by atoms with E-state index >= 15 is 0 Å². The number of rotatable bonds is 6. The summed E-state index contributed by atoms with van der Waals surface area (Å²) < 4.78 is 5.53. The molecule has 0 aliphatic carbocycles. The summed E-state index contributed by atoms with van der Waals surface area (Å²) in [4.78, 5) is 8.50. The lowest BCUT2D eigenvalue weighted by molar-refractivity contribution is 0.232. The molecular weight excluding hydrogens is 296 g/mol. The van der Waals surface area contributed by atoms with Gasteiger partial charge < -0.3 is 15.4 Å². The highest BCUT2D eigenvalue weighted by Crippen LogP contribution is 2.09. The van der Waals surface area contributed by atoms with Gasteiger partial charge in [-0.05, 0) is 41.8 Å². The second kappa shape index (κ2) is 8.38. The minimum Gasteiger partial charge on any atom is -0.475 e. The van der Waals surface area contributed by atoms with Crippen molar-refractivity contribution < 1.29 is 4.74 Å². The number of hydrogen-bond acceptors (Lipinski definition) is 4. The second-order valence-electron chi connectivity index (χ2n) is 5.08. The molecule has 0 spiro atoms. The summed E-state index contributed by atoms with van der Waals surface area (Å²) in [5, 5.41) is 10.7. The van der Waals surface area contributed by atoms with E-state index in [-0.39, 0.29) is 6.10 Å². The molecular formula is C16H22N4OS. The largest absolute Gasteiger partial charge is 0.475 e. The van der Waals surface area contributed by atoms with Gasteiger partial charge in [-0.25, -0.2) is 4.98 Å². The maximum Gasteiger partial charge on any atom is 0.213 e. The number of pyridine rings is 1. The summed E-state index contributed by atoms with van der Waals surface area (Å²) in [6.07, 6.45) is 1.95. The van der Waals surface area contributed by atoms with Crippen molar-refractivity contribution in [3.8, 4) is 5.88 Å². The highest BCUT2D eigenvalue weighted by molar-refractivity contribution is 7.07. The van der Waals surface area contributed by atoms with Crippen molar-refractivity contribution in [3.63, 3.8) is 0 Å². The number of hydrogen-bond donors (Lipinski definition) is 2. The van der Waals surface area contributed by atoms with Crippen LogP contribution in [0, 0.1) is 0 Å². The van der Waals surface area contributed by atoms with E-state index in [2.05, 4.69) is 37.4 Å². The first-order valence-electron chi connectivity index (χ1n) is 7.24. The molecule has 2 N–H and O–H groups in total. The molecule has 6 heteroatoms. The molecule has 0 radical (unpaired) electrons. The fraction of sp³-hybridized carbons (Fsp3) is 0.375. The zero-order chi connectivity index (χ0) is 15.8. The Morgan fingerprint density at radius 3 is 2.55 bits per heavy atom. The van der Waals surface area contributed by atoms with E-state index in [4.69, 9.17) is 4.74 Å². The number of thiophene rings is 1. The zero-order valence-corrected chi connectivity index (χ0v) is 14.0. The maximum atomic E-state index is 5.53. The van der Waals surface area contributed by atoms with Crippen LogP contribution in [-0.4, -0.2) is 24.1 Å². The van der Waals surface area contributed by atoms with E-state index in [0.717, 1.165) is 18.1 Å². The maximum absolute atomic E-state index is 5.53. The van der Waals surface area contributed by atoms with Crippen LogP contribution in [0.4, 0.5) is 0 Å². The molecule has 0 aliphatic heterocycles. The molecule has 2 aromatic rings. The average molecular weight is 318 g/mol. The van der Waals surface area contributed by atoms with Crippen LogP contribution >= 0.6 is 11.3 Å². The van der Waals surface area contributed by atoms with Gasteiger partial charge in [0.15, 0.2) is 5.96 Å². The van der Waals surface area contributed by atoms with Crippen LogP contribution in [0.25, 0.3) is 0 Å². The number of ether oxygens (including phenoxy) is 1. The van der Waals surface area contributed by atoms with Crippen molar-refractivity contribution in [2.45, 2.75) is 33.0 Å². The Hall–Kier alpha value is -2.08. The molecule has 0 atom stereocenters. The van der Waals surface area contributed by atoms with E-state index in [1.165, 1.54) is 5.56 Å². The molecule has 2 aromatic heterocycles. The van der Waals surface area contributed by atoms with Gasteiger partial charge in [0.1, 0.15) is 0 Å². The normalized spacial score (nSPS) is 11.5. The highest BCUT2D eigenvalue weighted by Gasteiger charge is 2.02. The van der Waals surface area contributed by atoms with Gasteiger partial charge in [-0.15, -0.1) is 0 Å². The Morgan fingerprint density at radius 2 is 2.00 bits per heavy atom. The number of nitrogens with one attached hydrogen (secondary N) is 2. The smallest absolute Gasteiger partial charge is 0.213 e. The minimum absolute atomic E-state index is 0.136. The highest BCUT2D eigenvalue weighted by atomic mass is 32.1. The van der Waals surface area contributed by atoms with Crippen molar-refractivity contribution in [3.05, 3.63) is 46.3 Å². The summed E-state index contributed by atoms with van der Waals surface area (Å²) in [6.45, 7) is 5.40. The molecule has 22 heavy (non-hydrogen) atoms. The molecule has 118 valence electrons. The van der Waals surface area contributed by atoms with Gasteiger partial charge in [0.25, 0.3) is 0 Å². The van der Waals surface area contributed by atoms with Crippen LogP contribution in [-0.2, 0) is 13.1 Å². The predicted octanol–water partition coefficient (Wildman–Crippen LogP) is 2.80. The van der Waals surface area contributed by atoms with E-state index in [1.54, 1.807) is 18.4 Å².